The van der Waals surface area contributed by atoms with Crippen molar-refractivity contribution in [1.29, 1.82) is 0 Å². The maximum absolute atomic E-state index is 5.96. The van der Waals surface area contributed by atoms with Gasteiger partial charge < -0.3 is 15.4 Å². The number of rotatable bonds is 4. The number of halogens is 1. The molecule has 0 heterocycles. The van der Waals surface area contributed by atoms with Crippen molar-refractivity contribution >= 4 is 17.6 Å². The second-order valence-electron chi connectivity index (χ2n) is 4.67. The molecule has 108 valence electrons. The molecular formula is C15H20ClN3O. The summed E-state index contributed by atoms with van der Waals surface area (Å²) in [5.74, 6) is 1.58. The Balaban J connectivity index is 1.92. The van der Waals surface area contributed by atoms with Gasteiger partial charge in [-0.2, -0.15) is 0 Å². The van der Waals surface area contributed by atoms with E-state index in [1.165, 1.54) is 0 Å². The minimum absolute atomic E-state index is 0.438. The highest BCUT2D eigenvalue weighted by atomic mass is 35.5. The van der Waals surface area contributed by atoms with E-state index in [1.54, 1.807) is 14.2 Å². The first-order chi connectivity index (χ1) is 9.72. The maximum Gasteiger partial charge on any atom is 0.191 e. The Hall–Kier alpha value is -1.68. The fraction of sp³-hybridized carbons (Fsp3) is 0.400. The van der Waals surface area contributed by atoms with Gasteiger partial charge >= 0.3 is 0 Å². The molecule has 1 aliphatic rings. The van der Waals surface area contributed by atoms with Crippen LogP contribution in [0.1, 0.15) is 18.4 Å². The number of nitrogens with one attached hydrogen (secondary N) is 2. The lowest BCUT2D eigenvalue weighted by Crippen LogP contribution is -2.42. The summed E-state index contributed by atoms with van der Waals surface area (Å²) in [5.41, 5.74) is 1.05. The third-order valence-electron chi connectivity index (χ3n) is 3.27. The van der Waals surface area contributed by atoms with E-state index in [4.69, 9.17) is 16.3 Å². The van der Waals surface area contributed by atoms with E-state index in [9.17, 15) is 0 Å². The molecule has 0 fully saturated rings. The molecule has 0 atom stereocenters. The molecule has 1 aromatic rings. The molecule has 2 rings (SSSR count). The molecule has 20 heavy (non-hydrogen) atoms. The molecule has 0 aromatic heterocycles. The van der Waals surface area contributed by atoms with Crippen molar-refractivity contribution < 1.29 is 4.74 Å². The van der Waals surface area contributed by atoms with Crippen LogP contribution < -0.4 is 15.4 Å². The minimum Gasteiger partial charge on any atom is -0.496 e. The number of benzene rings is 1. The maximum atomic E-state index is 5.96. The molecule has 5 heteroatoms. The van der Waals surface area contributed by atoms with E-state index in [0.717, 1.165) is 30.1 Å². The fourth-order valence-corrected chi connectivity index (χ4v) is 2.33. The lowest BCUT2D eigenvalue weighted by Gasteiger charge is -2.17. The summed E-state index contributed by atoms with van der Waals surface area (Å²) in [4.78, 5) is 4.24. The monoisotopic (exact) mass is 293 g/mol. The van der Waals surface area contributed by atoms with Gasteiger partial charge in [-0.25, -0.2) is 0 Å². The van der Waals surface area contributed by atoms with Gasteiger partial charge in [-0.05, 0) is 25.0 Å². The Morgan fingerprint density at radius 1 is 1.40 bits per heavy atom. The molecule has 2 N–H and O–H groups in total. The van der Waals surface area contributed by atoms with Crippen LogP contribution in [0.25, 0.3) is 0 Å². The van der Waals surface area contributed by atoms with Crippen molar-refractivity contribution in [2.24, 2.45) is 4.99 Å². The van der Waals surface area contributed by atoms with Crippen LogP contribution >= 0.6 is 11.6 Å². The number of aliphatic imine (C=N–C) groups is 1. The van der Waals surface area contributed by atoms with E-state index >= 15 is 0 Å². The lowest BCUT2D eigenvalue weighted by molar-refractivity contribution is 0.409. The highest BCUT2D eigenvalue weighted by Crippen LogP contribution is 2.22. The average Bonchev–Trinajstić information content (AvgIpc) is 2.97. The molecule has 0 saturated heterocycles. The number of guanidine groups is 1. The summed E-state index contributed by atoms with van der Waals surface area (Å²) in [7, 11) is 3.42. The van der Waals surface area contributed by atoms with E-state index < -0.39 is 0 Å². The molecule has 0 unspecified atom stereocenters. The van der Waals surface area contributed by atoms with Crippen LogP contribution in [0, 0.1) is 0 Å². The van der Waals surface area contributed by atoms with Crippen molar-refractivity contribution in [2.45, 2.75) is 25.4 Å². The van der Waals surface area contributed by atoms with Gasteiger partial charge in [0, 0.05) is 30.2 Å². The Bertz CT molecular complexity index is 506. The van der Waals surface area contributed by atoms with Crippen LogP contribution in [-0.4, -0.2) is 26.2 Å². The Morgan fingerprint density at radius 3 is 2.80 bits per heavy atom. The van der Waals surface area contributed by atoms with Crippen LogP contribution in [0.4, 0.5) is 0 Å². The smallest absolute Gasteiger partial charge is 0.191 e. The topological polar surface area (TPSA) is 45.7 Å². The zero-order valence-electron chi connectivity index (χ0n) is 11.8. The van der Waals surface area contributed by atoms with E-state index in [2.05, 4.69) is 27.8 Å². The van der Waals surface area contributed by atoms with Crippen LogP contribution in [0.2, 0.25) is 5.02 Å². The normalized spacial score (nSPS) is 15.4. The molecule has 0 amide bonds. The van der Waals surface area contributed by atoms with Gasteiger partial charge in [0.1, 0.15) is 5.75 Å². The minimum atomic E-state index is 0.438. The van der Waals surface area contributed by atoms with Gasteiger partial charge in [-0.15, -0.1) is 0 Å². The highest BCUT2D eigenvalue weighted by Gasteiger charge is 2.12. The summed E-state index contributed by atoms with van der Waals surface area (Å²) in [6.07, 6.45) is 6.47. The SMILES string of the molecule is CN=C(NCc1ccc(Cl)cc1OC)NC1CC=CC1. The van der Waals surface area contributed by atoms with Gasteiger partial charge in [0.05, 0.1) is 7.11 Å². The number of nitrogens with zero attached hydrogens (tertiary/aromatic N) is 1. The van der Waals surface area contributed by atoms with Crippen LogP contribution in [-0.2, 0) is 6.54 Å². The lowest BCUT2D eigenvalue weighted by atomic mass is 10.2. The number of hydrogen-bond acceptors (Lipinski definition) is 2. The molecular weight excluding hydrogens is 274 g/mol. The molecule has 0 saturated carbocycles. The van der Waals surface area contributed by atoms with Gasteiger partial charge in [-0.3, -0.25) is 4.99 Å². The third-order valence-corrected chi connectivity index (χ3v) is 3.50. The largest absolute Gasteiger partial charge is 0.496 e. The summed E-state index contributed by atoms with van der Waals surface area (Å²) in [6, 6.07) is 6.07. The Morgan fingerprint density at radius 2 is 2.15 bits per heavy atom. The molecule has 1 aromatic carbocycles. The highest BCUT2D eigenvalue weighted by molar-refractivity contribution is 6.30. The van der Waals surface area contributed by atoms with Crippen molar-refractivity contribution in [3.8, 4) is 5.75 Å². The second-order valence-corrected chi connectivity index (χ2v) is 5.10. The molecule has 0 spiro atoms. The standard InChI is InChI=1S/C15H20ClN3O/c1-17-15(19-13-5-3-4-6-13)18-10-11-7-8-12(16)9-14(11)20-2/h3-4,7-9,13H,5-6,10H2,1-2H3,(H2,17,18,19). The predicted octanol–water partition coefficient (Wildman–Crippen LogP) is 2.73. The van der Waals surface area contributed by atoms with Crippen LogP contribution in [0.3, 0.4) is 0 Å². The van der Waals surface area contributed by atoms with E-state index in [-0.39, 0.29) is 0 Å². The molecule has 1 aliphatic carbocycles. The van der Waals surface area contributed by atoms with Crippen molar-refractivity contribution in [3.63, 3.8) is 0 Å². The molecule has 0 aliphatic heterocycles. The number of ether oxygens (including phenoxy) is 1. The van der Waals surface area contributed by atoms with Crippen molar-refractivity contribution in [1.82, 2.24) is 10.6 Å². The predicted molar refractivity (Wildman–Crippen MR) is 83.5 cm³/mol. The van der Waals surface area contributed by atoms with Crippen molar-refractivity contribution in [2.75, 3.05) is 14.2 Å². The van der Waals surface area contributed by atoms with Crippen LogP contribution in [0.5, 0.6) is 5.75 Å². The third kappa shape index (κ3) is 3.90. The van der Waals surface area contributed by atoms with Gasteiger partial charge in [-0.1, -0.05) is 29.8 Å². The first-order valence-electron chi connectivity index (χ1n) is 6.67. The first-order valence-corrected chi connectivity index (χ1v) is 7.05. The van der Waals surface area contributed by atoms with Gasteiger partial charge in [0.15, 0.2) is 5.96 Å². The first kappa shape index (κ1) is 14.7. The Labute approximate surface area is 124 Å². The number of hydrogen-bond donors (Lipinski definition) is 2. The zero-order chi connectivity index (χ0) is 14.4. The quantitative estimate of drug-likeness (QED) is 0.510. The summed E-state index contributed by atoms with van der Waals surface area (Å²) >= 11 is 5.96. The summed E-state index contributed by atoms with van der Waals surface area (Å²) in [6.45, 7) is 0.639. The molecule has 0 bridgehead atoms. The number of methoxy groups -OCH3 is 1. The van der Waals surface area contributed by atoms with E-state index in [1.807, 2.05) is 18.2 Å². The van der Waals surface area contributed by atoms with Gasteiger partial charge in [0.2, 0.25) is 0 Å². The average molecular weight is 294 g/mol. The summed E-state index contributed by atoms with van der Waals surface area (Å²) < 4.78 is 5.33. The fourth-order valence-electron chi connectivity index (χ4n) is 2.17. The summed E-state index contributed by atoms with van der Waals surface area (Å²) in [5, 5.41) is 7.36. The van der Waals surface area contributed by atoms with Gasteiger partial charge in [0.25, 0.3) is 0 Å². The van der Waals surface area contributed by atoms with Crippen molar-refractivity contribution in [3.05, 3.63) is 40.9 Å². The van der Waals surface area contributed by atoms with Crippen LogP contribution in [0.15, 0.2) is 35.3 Å². The zero-order valence-corrected chi connectivity index (χ0v) is 12.6. The Kier molecular flexibility index (Phi) is 5.30. The molecule has 0 radical (unpaired) electrons. The van der Waals surface area contributed by atoms with E-state index in [0.29, 0.717) is 17.6 Å². The second kappa shape index (κ2) is 7.20. The molecule has 4 nitrogen and oxygen atoms in total.